The Morgan fingerprint density at radius 1 is 1.00 bits per heavy atom. The van der Waals surface area contributed by atoms with Crippen LogP contribution < -0.4 is 21.1 Å². The Kier molecular flexibility index (Phi) is 5.88. The zero-order valence-electron chi connectivity index (χ0n) is 17.4. The summed E-state index contributed by atoms with van der Waals surface area (Å²) < 4.78 is 33.9. The van der Waals surface area contributed by atoms with Crippen LogP contribution in [-0.4, -0.2) is 41.3 Å². The molecule has 0 fully saturated rings. The highest BCUT2D eigenvalue weighted by molar-refractivity contribution is 7.89. The van der Waals surface area contributed by atoms with E-state index in [1.54, 1.807) is 18.3 Å². The highest BCUT2D eigenvalue weighted by Crippen LogP contribution is 2.18. The lowest BCUT2D eigenvalue weighted by Gasteiger charge is -2.09. The Labute approximate surface area is 183 Å². The van der Waals surface area contributed by atoms with Crippen LogP contribution in [0.2, 0.25) is 0 Å². The number of rotatable bonds is 8. The van der Waals surface area contributed by atoms with E-state index < -0.39 is 15.8 Å². The van der Waals surface area contributed by atoms with E-state index in [4.69, 9.17) is 4.42 Å². The molecule has 0 aliphatic rings. The lowest BCUT2D eigenvalue weighted by Crippen LogP contribution is -2.29. The van der Waals surface area contributed by atoms with Crippen molar-refractivity contribution in [3.05, 3.63) is 64.8 Å². The molecule has 0 spiro atoms. The van der Waals surface area contributed by atoms with Crippen molar-refractivity contribution in [2.24, 2.45) is 7.05 Å². The number of aryl methyl sites for hydroxylation is 2. The van der Waals surface area contributed by atoms with Gasteiger partial charge in [0.2, 0.25) is 10.0 Å². The maximum atomic E-state index is 12.5. The van der Waals surface area contributed by atoms with Crippen molar-refractivity contribution in [1.29, 1.82) is 0 Å². The molecule has 0 aliphatic heterocycles. The van der Waals surface area contributed by atoms with E-state index in [0.29, 0.717) is 35.1 Å². The van der Waals surface area contributed by atoms with Crippen LogP contribution in [0.25, 0.3) is 11.1 Å². The minimum Gasteiger partial charge on any atom is -0.408 e. The van der Waals surface area contributed by atoms with Crippen LogP contribution in [0.3, 0.4) is 0 Å². The number of pyridine rings is 1. The van der Waals surface area contributed by atoms with Crippen molar-refractivity contribution in [1.82, 2.24) is 24.5 Å². The first-order chi connectivity index (χ1) is 15.3. The van der Waals surface area contributed by atoms with Gasteiger partial charge in [0.15, 0.2) is 11.4 Å². The lowest BCUT2D eigenvalue weighted by molar-refractivity contribution is 0.528. The first-order valence-electron chi connectivity index (χ1n) is 9.68. The molecule has 3 heterocycles. The molecule has 0 atom stereocenters. The Morgan fingerprint density at radius 2 is 1.75 bits per heavy atom. The number of hydrogen-bond donors (Lipinski definition) is 3. The maximum Gasteiger partial charge on any atom is 0.419 e. The molecule has 12 heteroatoms. The van der Waals surface area contributed by atoms with Crippen molar-refractivity contribution >= 4 is 38.6 Å². The largest absolute Gasteiger partial charge is 0.419 e. The molecule has 1 aromatic carbocycles. The van der Waals surface area contributed by atoms with E-state index >= 15 is 0 Å². The molecule has 0 saturated heterocycles. The molecule has 166 valence electrons. The van der Waals surface area contributed by atoms with E-state index in [2.05, 4.69) is 30.5 Å². The van der Waals surface area contributed by atoms with Gasteiger partial charge >= 0.3 is 5.76 Å². The first kappa shape index (κ1) is 21.5. The van der Waals surface area contributed by atoms with Gasteiger partial charge in [0.25, 0.3) is 0 Å². The Bertz CT molecular complexity index is 1390. The molecule has 0 amide bonds. The van der Waals surface area contributed by atoms with Crippen LogP contribution in [0.15, 0.2) is 62.8 Å². The molecule has 4 rings (SSSR count). The smallest absolute Gasteiger partial charge is 0.408 e. The Morgan fingerprint density at radius 3 is 2.47 bits per heavy atom. The van der Waals surface area contributed by atoms with Gasteiger partial charge in [0.1, 0.15) is 11.6 Å². The average molecular weight is 456 g/mol. The molecule has 3 aromatic heterocycles. The van der Waals surface area contributed by atoms with E-state index in [-0.39, 0.29) is 11.4 Å². The summed E-state index contributed by atoms with van der Waals surface area (Å²) in [6.07, 6.45) is 1.75. The number of anilines is 3. The molecule has 4 aromatic rings. The fraction of sp³-hybridized carbons (Fsp3) is 0.200. The Balaban J connectivity index is 1.31. The first-order valence-corrected chi connectivity index (χ1v) is 11.2. The van der Waals surface area contributed by atoms with Crippen molar-refractivity contribution in [2.45, 2.75) is 11.8 Å². The van der Waals surface area contributed by atoms with E-state index in [9.17, 15) is 13.2 Å². The molecular formula is C20H21N7O4S. The summed E-state index contributed by atoms with van der Waals surface area (Å²) in [5.74, 6) is 1.15. The maximum absolute atomic E-state index is 12.5. The van der Waals surface area contributed by atoms with Gasteiger partial charge in [-0.05, 0) is 48.9 Å². The van der Waals surface area contributed by atoms with Crippen LogP contribution in [0.1, 0.15) is 5.56 Å². The van der Waals surface area contributed by atoms with Gasteiger partial charge < -0.3 is 15.1 Å². The van der Waals surface area contributed by atoms with Gasteiger partial charge in [-0.3, -0.25) is 4.57 Å². The van der Waals surface area contributed by atoms with Crippen molar-refractivity contribution in [3.8, 4) is 0 Å². The van der Waals surface area contributed by atoms with Gasteiger partial charge in [0.05, 0.1) is 10.4 Å². The number of nitrogens with one attached hydrogen (secondary N) is 3. The number of aromatic nitrogens is 4. The molecule has 0 saturated carbocycles. The summed E-state index contributed by atoms with van der Waals surface area (Å²) in [6.45, 7) is 2.38. The highest BCUT2D eigenvalue weighted by atomic mass is 32.2. The fourth-order valence-corrected chi connectivity index (χ4v) is 3.95. The zero-order valence-corrected chi connectivity index (χ0v) is 18.2. The SMILES string of the molecule is Cc1ccc(Nc2ccc(NCCNS(=O)(=O)c3ccc4oc(=O)n(C)c4c3)nn2)nc1. The molecule has 0 unspecified atom stereocenters. The summed E-state index contributed by atoms with van der Waals surface area (Å²) in [4.78, 5) is 15.9. The average Bonchev–Trinajstić information content (AvgIpc) is 3.07. The molecule has 0 radical (unpaired) electrons. The fourth-order valence-electron chi connectivity index (χ4n) is 2.90. The predicted octanol–water partition coefficient (Wildman–Crippen LogP) is 1.76. The standard InChI is InChI=1S/C20H21N7O4S/c1-13-3-6-17(22-12-13)24-19-8-7-18(25-26-19)21-9-10-23-32(29,30)14-4-5-16-15(11-14)27(2)20(28)31-16/h3-8,11-12,23H,9-10H2,1-2H3,(H,21,25)(H,22,24,26). The van der Waals surface area contributed by atoms with Gasteiger partial charge in [-0.1, -0.05) is 6.07 Å². The van der Waals surface area contributed by atoms with Crippen LogP contribution in [-0.2, 0) is 17.1 Å². The second-order valence-corrected chi connectivity index (χ2v) is 8.80. The van der Waals surface area contributed by atoms with E-state index in [1.807, 2.05) is 19.1 Å². The number of fused-ring (bicyclic) bond motifs is 1. The summed E-state index contributed by atoms with van der Waals surface area (Å²) in [6, 6.07) is 11.5. The summed E-state index contributed by atoms with van der Waals surface area (Å²) in [5.41, 5.74) is 1.79. The normalized spacial score (nSPS) is 11.6. The Hall–Kier alpha value is -3.77. The van der Waals surface area contributed by atoms with Gasteiger partial charge in [0, 0.05) is 26.3 Å². The van der Waals surface area contributed by atoms with Gasteiger partial charge in [-0.2, -0.15) is 0 Å². The van der Waals surface area contributed by atoms with E-state index in [1.165, 1.54) is 29.8 Å². The second-order valence-electron chi connectivity index (χ2n) is 7.03. The minimum atomic E-state index is -3.76. The van der Waals surface area contributed by atoms with E-state index in [0.717, 1.165) is 5.56 Å². The number of benzene rings is 1. The summed E-state index contributed by atoms with van der Waals surface area (Å²) in [5, 5.41) is 14.2. The van der Waals surface area contributed by atoms with Gasteiger partial charge in [-0.25, -0.2) is 22.9 Å². The van der Waals surface area contributed by atoms with Crippen molar-refractivity contribution in [2.75, 3.05) is 23.7 Å². The molecule has 32 heavy (non-hydrogen) atoms. The number of hydrogen-bond acceptors (Lipinski definition) is 9. The highest BCUT2D eigenvalue weighted by Gasteiger charge is 2.16. The third-order valence-electron chi connectivity index (χ3n) is 4.63. The topological polar surface area (TPSA) is 144 Å². The molecule has 3 N–H and O–H groups in total. The summed E-state index contributed by atoms with van der Waals surface area (Å²) in [7, 11) is -2.24. The zero-order chi connectivity index (χ0) is 22.7. The molecular weight excluding hydrogens is 434 g/mol. The monoisotopic (exact) mass is 455 g/mol. The molecule has 11 nitrogen and oxygen atoms in total. The second kappa shape index (κ2) is 8.77. The van der Waals surface area contributed by atoms with Crippen LogP contribution in [0.4, 0.5) is 17.5 Å². The van der Waals surface area contributed by atoms with Gasteiger partial charge in [-0.15, -0.1) is 10.2 Å². The third-order valence-corrected chi connectivity index (χ3v) is 6.09. The quantitative estimate of drug-likeness (QED) is 0.338. The molecule has 0 bridgehead atoms. The van der Waals surface area contributed by atoms with Crippen LogP contribution in [0.5, 0.6) is 0 Å². The van der Waals surface area contributed by atoms with Crippen LogP contribution in [0, 0.1) is 6.92 Å². The third kappa shape index (κ3) is 4.76. The summed E-state index contributed by atoms with van der Waals surface area (Å²) >= 11 is 0. The predicted molar refractivity (Wildman–Crippen MR) is 119 cm³/mol. The molecule has 0 aliphatic carbocycles. The van der Waals surface area contributed by atoms with Crippen molar-refractivity contribution < 1.29 is 12.8 Å². The van der Waals surface area contributed by atoms with Crippen LogP contribution >= 0.6 is 0 Å². The number of sulfonamides is 1. The van der Waals surface area contributed by atoms with Crippen molar-refractivity contribution in [3.63, 3.8) is 0 Å². The number of nitrogens with zero attached hydrogens (tertiary/aromatic N) is 4. The minimum absolute atomic E-state index is 0.0429. The lowest BCUT2D eigenvalue weighted by atomic mass is 10.3. The number of oxazole rings is 1.